The van der Waals surface area contributed by atoms with Gasteiger partial charge in [-0.15, -0.1) is 0 Å². The Balaban J connectivity index is 1.02. The third-order valence-electron chi connectivity index (χ3n) is 25.0. The van der Waals surface area contributed by atoms with E-state index in [4.69, 9.17) is 66.3 Å². The quantitative estimate of drug-likeness (QED) is 0.0244. The van der Waals surface area contributed by atoms with E-state index in [9.17, 15) is 117 Å². The number of ether oxygens (including phenoxy) is 14. The largest absolute Gasteiger partial charge is 0.394 e. The fourth-order valence-electron chi connectivity index (χ4n) is 17.3. The van der Waals surface area contributed by atoms with Crippen LogP contribution in [0.15, 0.2) is 24.3 Å². The van der Waals surface area contributed by atoms with E-state index in [1.165, 1.54) is 129 Å². The van der Waals surface area contributed by atoms with Crippen molar-refractivity contribution in [1.29, 1.82) is 0 Å². The molecule has 0 aromatic carbocycles. The monoisotopic (exact) mass is 1850 g/mol. The van der Waals surface area contributed by atoms with Gasteiger partial charge < -0.3 is 184 Å². The standard InChI is InChI=1S/C88H157N3O37/c1-6-8-10-12-14-16-18-20-21-22-23-24-25-26-27-29-31-33-35-37-39-41-60(101)91-52(53(100)40-38-36-34-32-30-28-19-17-15-13-11-9-7-2)48-115-84-74(113)71(110)77(59(47-97)122-84)123-87-75(114)79(66(105)56(44-94)119-87)126-82-61(89-50(4)98)68(107)76(58(46-96)121-82)124-88-81(128-85-72(111)69(108)63(102)49(3)116-85)80(67(106)57(45-95)120-88)127-83-62(90-51(5)99)78(65(104)55(43-93)117-83)125-86-73(112)70(109)64(103)54(42-92)118-86/h20-21,38,40,49,52-59,61-88,92-97,100,102-114H,6-19,22-37,39,41-48H2,1-5H3,(H,89,98)(H,90,99)(H,91,101)/b21-20-,40-38+/t49?,52-,53+,54?,55?,56?,57?,58?,59?,61?,62?,63+,64-,65-,66-,67-,68+,69?,70-,71+,72-,73?,74?,75?,76+,77+,78+,79-,80-,81?,82-,83+,84+,85+,86-,87-,88-/m0/s1. The number of hydrogen-bond donors (Lipinski definition) is 23. The molecule has 0 aliphatic carbocycles. The Bertz CT molecular complexity index is 3070. The third-order valence-corrected chi connectivity index (χ3v) is 25.0. The summed E-state index contributed by atoms with van der Waals surface area (Å²) in [7, 11) is 0. The highest BCUT2D eigenvalue weighted by atomic mass is 16.8. The van der Waals surface area contributed by atoms with Crippen LogP contribution in [0.2, 0.25) is 0 Å². The highest BCUT2D eigenvalue weighted by Gasteiger charge is 2.60. The van der Waals surface area contributed by atoms with E-state index in [1.54, 1.807) is 6.08 Å². The SMILES string of the molecule is CCCCCCCC/C=C\CCCCCCCCCCCCCC(=O)N[C@@H](CO[C@@H]1OC(CO)[C@@H](O[C@@H]2OC(CO)[C@H](O)[C@H](O[C@@H]3OC(CO)[C@@H](O[C@@H]4OC(CO)[C@H](O)[C@H](O[C@H]5OC(CO)[C@H](O)[C@H](O[C@@H]6OC(CO)[C@H](O)[C@H](O)C6O)C5NC(C)=O)C4O[C@H]4OC(C)[C@@H](O)C(O)[C@@H]4O)[C@H](O)C3NC(C)=O)C2O)[C@H](O)C1O)[C@H](O)/C=C/CCCCCCCCCCCCC. The molecule has 37 atom stereocenters. The molecule has 7 fully saturated rings. The van der Waals surface area contributed by atoms with E-state index in [0.29, 0.717) is 12.8 Å². The van der Waals surface area contributed by atoms with Crippen LogP contribution in [0.5, 0.6) is 0 Å². The van der Waals surface area contributed by atoms with Crippen LogP contribution in [0.4, 0.5) is 0 Å². The molecule has 14 unspecified atom stereocenters. The summed E-state index contributed by atoms with van der Waals surface area (Å²) in [6.45, 7) is 0.872. The number of aliphatic hydroxyl groups excluding tert-OH is 20. The lowest BCUT2D eigenvalue weighted by atomic mass is 9.93. The first kappa shape index (κ1) is 112. The molecule has 23 N–H and O–H groups in total. The molecular formula is C88H157N3O37. The molecule has 7 rings (SSSR count). The molecule has 0 aromatic rings. The molecule has 40 nitrogen and oxygen atoms in total. The zero-order valence-corrected chi connectivity index (χ0v) is 75.1. The van der Waals surface area contributed by atoms with Crippen molar-refractivity contribution in [1.82, 2.24) is 16.0 Å². The molecular weight excluding hydrogens is 1690 g/mol. The molecule has 0 spiro atoms. The minimum absolute atomic E-state index is 0.154. The first-order chi connectivity index (χ1) is 61.5. The third kappa shape index (κ3) is 33.8. The second-order valence-corrected chi connectivity index (χ2v) is 35.2. The van der Waals surface area contributed by atoms with E-state index in [-0.39, 0.29) is 12.3 Å². The van der Waals surface area contributed by atoms with Crippen molar-refractivity contribution in [2.24, 2.45) is 0 Å². The predicted octanol–water partition coefficient (Wildman–Crippen LogP) is -1.46. The lowest BCUT2D eigenvalue weighted by molar-refractivity contribution is -0.404. The van der Waals surface area contributed by atoms with Gasteiger partial charge in [0.1, 0.15) is 165 Å². The van der Waals surface area contributed by atoms with Crippen molar-refractivity contribution in [3.63, 3.8) is 0 Å². The molecule has 0 saturated carbocycles. The average molecular weight is 1850 g/mol. The number of nitrogens with one attached hydrogen (secondary N) is 3. The van der Waals surface area contributed by atoms with Gasteiger partial charge in [-0.25, -0.2) is 0 Å². The number of aliphatic hydroxyl groups is 20. The van der Waals surface area contributed by atoms with E-state index < -0.39 is 285 Å². The van der Waals surface area contributed by atoms with E-state index >= 15 is 0 Å². The van der Waals surface area contributed by atoms with E-state index in [2.05, 4.69) is 41.9 Å². The lowest BCUT2D eigenvalue weighted by Gasteiger charge is -2.52. The molecule has 40 heteroatoms. The van der Waals surface area contributed by atoms with Gasteiger partial charge in [0.15, 0.2) is 44.0 Å². The van der Waals surface area contributed by atoms with Crippen LogP contribution in [-0.4, -0.2) is 393 Å². The van der Waals surface area contributed by atoms with Gasteiger partial charge in [0, 0.05) is 20.3 Å². The number of carbonyl (C=O) groups excluding carboxylic acids is 3. The number of hydrogen-bond acceptors (Lipinski definition) is 37. The lowest BCUT2D eigenvalue weighted by Crippen LogP contribution is -2.71. The molecule has 0 aromatic heterocycles. The minimum atomic E-state index is -2.26. The maximum absolute atomic E-state index is 13.7. The van der Waals surface area contributed by atoms with Crippen LogP contribution < -0.4 is 16.0 Å². The van der Waals surface area contributed by atoms with Crippen LogP contribution in [0.25, 0.3) is 0 Å². The molecule has 7 aliphatic heterocycles. The maximum atomic E-state index is 13.7. The van der Waals surface area contributed by atoms with Crippen molar-refractivity contribution in [3.05, 3.63) is 24.3 Å². The summed E-state index contributed by atoms with van der Waals surface area (Å²) in [6.07, 6.45) is -23.2. The van der Waals surface area contributed by atoms with Crippen molar-refractivity contribution in [2.75, 3.05) is 46.2 Å². The van der Waals surface area contributed by atoms with Crippen LogP contribution in [-0.2, 0) is 80.7 Å². The summed E-state index contributed by atoms with van der Waals surface area (Å²) in [5.74, 6) is -2.18. The smallest absolute Gasteiger partial charge is 0.220 e. The summed E-state index contributed by atoms with van der Waals surface area (Å²) in [5, 5.41) is 233. The maximum Gasteiger partial charge on any atom is 0.220 e. The summed E-state index contributed by atoms with van der Waals surface area (Å²) in [4.78, 5) is 40.0. The fraction of sp³-hybridized carbons (Fsp3) is 0.920. The molecule has 746 valence electrons. The second-order valence-electron chi connectivity index (χ2n) is 35.2. The van der Waals surface area contributed by atoms with Gasteiger partial charge >= 0.3 is 0 Å². The van der Waals surface area contributed by atoms with Crippen LogP contribution in [0.3, 0.4) is 0 Å². The first-order valence-electron chi connectivity index (χ1n) is 47.0. The summed E-state index contributed by atoms with van der Waals surface area (Å²) in [6, 6.07) is -4.91. The number of carbonyl (C=O) groups is 3. The summed E-state index contributed by atoms with van der Waals surface area (Å²) in [5.41, 5.74) is 0. The molecule has 0 radical (unpaired) electrons. The normalized spacial score (nSPS) is 37.7. The van der Waals surface area contributed by atoms with Gasteiger partial charge in [-0.1, -0.05) is 192 Å². The molecule has 7 aliphatic rings. The predicted molar refractivity (Wildman–Crippen MR) is 453 cm³/mol. The highest BCUT2D eigenvalue weighted by Crippen LogP contribution is 2.40. The van der Waals surface area contributed by atoms with Crippen LogP contribution >= 0.6 is 0 Å². The Morgan fingerprint density at radius 1 is 0.320 bits per heavy atom. The minimum Gasteiger partial charge on any atom is -0.394 e. The molecule has 7 saturated heterocycles. The molecule has 0 bridgehead atoms. The molecule has 3 amide bonds. The van der Waals surface area contributed by atoms with E-state index in [0.717, 1.165) is 78.1 Å². The van der Waals surface area contributed by atoms with Gasteiger partial charge in [-0.2, -0.15) is 0 Å². The zero-order valence-electron chi connectivity index (χ0n) is 75.1. The number of rotatable bonds is 59. The van der Waals surface area contributed by atoms with Gasteiger partial charge in [0.2, 0.25) is 17.7 Å². The van der Waals surface area contributed by atoms with Crippen molar-refractivity contribution in [2.45, 2.75) is 467 Å². The van der Waals surface area contributed by atoms with Crippen molar-refractivity contribution < 1.29 is 183 Å². The number of amides is 3. The van der Waals surface area contributed by atoms with Crippen molar-refractivity contribution in [3.8, 4) is 0 Å². The van der Waals surface area contributed by atoms with Crippen molar-refractivity contribution >= 4 is 17.7 Å². The molecule has 128 heavy (non-hydrogen) atoms. The van der Waals surface area contributed by atoms with E-state index in [1.807, 2.05) is 6.08 Å². The van der Waals surface area contributed by atoms with Gasteiger partial charge in [-0.05, 0) is 51.9 Å². The summed E-state index contributed by atoms with van der Waals surface area (Å²) >= 11 is 0. The summed E-state index contributed by atoms with van der Waals surface area (Å²) < 4.78 is 84.7. The first-order valence-corrected chi connectivity index (χ1v) is 47.0. The number of unbranched alkanes of at least 4 members (excludes halogenated alkanes) is 28. The zero-order chi connectivity index (χ0) is 93.5. The second kappa shape index (κ2) is 59.5. The topological polar surface area (TPSA) is 621 Å². The van der Waals surface area contributed by atoms with Gasteiger partial charge in [-0.3, -0.25) is 14.4 Å². The molecule has 7 heterocycles. The van der Waals surface area contributed by atoms with Gasteiger partial charge in [0.25, 0.3) is 0 Å². The number of allylic oxidation sites excluding steroid dienone is 3. The Hall–Kier alpha value is -3.47. The Labute approximate surface area is 751 Å². The Kier molecular flexibility index (Phi) is 51.9. The van der Waals surface area contributed by atoms with Crippen LogP contribution in [0.1, 0.15) is 240 Å². The van der Waals surface area contributed by atoms with Gasteiger partial charge in [0.05, 0.1) is 64.5 Å². The Morgan fingerprint density at radius 3 is 1.16 bits per heavy atom. The Morgan fingerprint density at radius 2 is 0.664 bits per heavy atom. The average Bonchev–Trinajstić information content (AvgIpc) is 0.756. The van der Waals surface area contributed by atoms with Crippen LogP contribution in [0, 0.1) is 0 Å². The highest BCUT2D eigenvalue weighted by molar-refractivity contribution is 5.76. The fourth-order valence-corrected chi connectivity index (χ4v) is 17.3.